The van der Waals surface area contributed by atoms with Crippen molar-refractivity contribution in [2.45, 2.75) is 27.7 Å². The third kappa shape index (κ3) is 4.14. The first-order chi connectivity index (χ1) is 16.2. The third-order valence-electron chi connectivity index (χ3n) is 5.96. The quantitative estimate of drug-likeness (QED) is 0.218. The van der Waals surface area contributed by atoms with Crippen molar-refractivity contribution in [1.82, 2.24) is 0 Å². The van der Waals surface area contributed by atoms with Gasteiger partial charge in [0, 0.05) is 35.4 Å². The van der Waals surface area contributed by atoms with Crippen LogP contribution in [-0.2, 0) is 4.74 Å². The molecular weight excluding hydrogens is 503 g/mol. The lowest BCUT2D eigenvalue weighted by Gasteiger charge is -2.15. The molecule has 0 spiro atoms. The number of thiophene rings is 2. The number of ether oxygens (including phenoxy) is 1. The summed E-state index contributed by atoms with van der Waals surface area (Å²) in [5, 5.41) is 3.54. The fraction of sp³-hybridized carbons (Fsp3) is 0.179. The number of carbonyl (C=O) groups excluding carboxylic acids is 1. The molecule has 0 bridgehead atoms. The SMILES string of the molecule is CCOC(=O)c1cc2cc(Cl)c(-c3cc(C)c(-c4cc5sc(C)cc5cc4Cl)cc3C)cc2s1. The van der Waals surface area contributed by atoms with Crippen LogP contribution in [0.4, 0.5) is 0 Å². The maximum atomic E-state index is 12.2. The van der Waals surface area contributed by atoms with E-state index < -0.39 is 0 Å². The molecule has 0 radical (unpaired) electrons. The summed E-state index contributed by atoms with van der Waals surface area (Å²) < 4.78 is 7.40. The minimum Gasteiger partial charge on any atom is -0.462 e. The summed E-state index contributed by atoms with van der Waals surface area (Å²) >= 11 is 16.7. The zero-order chi connectivity index (χ0) is 24.1. The van der Waals surface area contributed by atoms with Gasteiger partial charge in [0.25, 0.3) is 0 Å². The molecule has 0 aliphatic heterocycles. The maximum absolute atomic E-state index is 12.2. The minimum atomic E-state index is -0.299. The molecule has 2 heterocycles. The number of hydrogen-bond donors (Lipinski definition) is 0. The van der Waals surface area contributed by atoms with Gasteiger partial charge >= 0.3 is 5.97 Å². The molecule has 0 aliphatic rings. The molecular formula is C28H22Cl2O2S2. The number of fused-ring (bicyclic) bond motifs is 2. The van der Waals surface area contributed by atoms with Gasteiger partial charge in [-0.2, -0.15) is 0 Å². The highest BCUT2D eigenvalue weighted by Gasteiger charge is 2.17. The normalized spacial score (nSPS) is 11.5. The van der Waals surface area contributed by atoms with Gasteiger partial charge in [0.1, 0.15) is 4.88 Å². The summed E-state index contributed by atoms with van der Waals surface area (Å²) in [5.74, 6) is -0.299. The Labute approximate surface area is 216 Å². The van der Waals surface area contributed by atoms with Crippen LogP contribution >= 0.6 is 45.9 Å². The number of benzene rings is 3. The lowest BCUT2D eigenvalue weighted by molar-refractivity contribution is 0.0532. The Hall–Kier alpha value is -2.37. The van der Waals surface area contributed by atoms with E-state index in [4.69, 9.17) is 27.9 Å². The highest BCUT2D eigenvalue weighted by Crippen LogP contribution is 2.42. The van der Waals surface area contributed by atoms with Gasteiger partial charge in [-0.1, -0.05) is 35.3 Å². The second-order valence-electron chi connectivity index (χ2n) is 8.41. The maximum Gasteiger partial charge on any atom is 0.348 e. The second-order valence-corrected chi connectivity index (χ2v) is 11.6. The van der Waals surface area contributed by atoms with Crippen LogP contribution in [-0.4, -0.2) is 12.6 Å². The fourth-order valence-corrected chi connectivity index (χ4v) is 6.83. The molecule has 0 saturated carbocycles. The number of halogens is 2. The van der Waals surface area contributed by atoms with Crippen LogP contribution in [0, 0.1) is 20.8 Å². The standard InChI is InChI=1S/C28H22Cl2O2S2/c1-5-32-28(31)27-11-18-10-24(30)22(13-26(18)34-27)20-7-14(2)19(6-15(20)3)21-12-25-17(9-23(21)29)8-16(4)33-25/h6-13H,5H2,1-4H3. The van der Waals surface area contributed by atoms with E-state index in [0.29, 0.717) is 16.5 Å². The van der Waals surface area contributed by atoms with Crippen molar-refractivity contribution < 1.29 is 9.53 Å². The Morgan fingerprint density at radius 1 is 0.735 bits per heavy atom. The molecule has 2 aromatic heterocycles. The molecule has 172 valence electrons. The highest BCUT2D eigenvalue weighted by molar-refractivity contribution is 7.20. The van der Waals surface area contributed by atoms with E-state index in [0.717, 1.165) is 48.5 Å². The molecule has 0 unspecified atom stereocenters. The lowest BCUT2D eigenvalue weighted by atomic mass is 9.91. The van der Waals surface area contributed by atoms with E-state index >= 15 is 0 Å². The molecule has 0 N–H and O–H groups in total. The molecule has 0 atom stereocenters. The number of aryl methyl sites for hydroxylation is 3. The molecule has 0 saturated heterocycles. The van der Waals surface area contributed by atoms with Crippen molar-refractivity contribution in [2.24, 2.45) is 0 Å². The van der Waals surface area contributed by atoms with Crippen LogP contribution in [0.1, 0.15) is 32.6 Å². The van der Waals surface area contributed by atoms with Crippen LogP contribution in [0.2, 0.25) is 10.0 Å². The van der Waals surface area contributed by atoms with Crippen LogP contribution < -0.4 is 0 Å². The average Bonchev–Trinajstić information content (AvgIpc) is 3.36. The number of rotatable bonds is 4. The first-order valence-corrected chi connectivity index (χ1v) is 13.4. The van der Waals surface area contributed by atoms with Crippen molar-refractivity contribution in [3.8, 4) is 22.3 Å². The molecule has 0 aliphatic carbocycles. The van der Waals surface area contributed by atoms with Gasteiger partial charge in [0.05, 0.1) is 6.61 Å². The molecule has 2 nitrogen and oxygen atoms in total. The van der Waals surface area contributed by atoms with Crippen molar-refractivity contribution in [3.05, 3.63) is 79.5 Å². The van der Waals surface area contributed by atoms with Gasteiger partial charge < -0.3 is 4.74 Å². The molecule has 0 amide bonds. The third-order valence-corrected chi connectivity index (χ3v) is 8.68. The minimum absolute atomic E-state index is 0.299. The van der Waals surface area contributed by atoms with Crippen LogP contribution in [0.5, 0.6) is 0 Å². The smallest absolute Gasteiger partial charge is 0.348 e. The zero-order valence-corrected chi connectivity index (χ0v) is 22.4. The largest absolute Gasteiger partial charge is 0.462 e. The van der Waals surface area contributed by atoms with Crippen molar-refractivity contribution in [1.29, 1.82) is 0 Å². The fourth-order valence-electron chi connectivity index (χ4n) is 4.36. The van der Waals surface area contributed by atoms with Crippen molar-refractivity contribution in [3.63, 3.8) is 0 Å². The summed E-state index contributed by atoms with van der Waals surface area (Å²) in [6.45, 7) is 8.48. The molecule has 6 heteroatoms. The van der Waals surface area contributed by atoms with E-state index in [1.54, 1.807) is 11.3 Å². The Balaban J connectivity index is 1.61. The van der Waals surface area contributed by atoms with E-state index in [9.17, 15) is 4.79 Å². The Kier molecular flexibility index (Phi) is 6.19. The summed E-state index contributed by atoms with van der Waals surface area (Å²) in [5.41, 5.74) is 6.43. The van der Waals surface area contributed by atoms with E-state index in [1.807, 2.05) is 19.1 Å². The van der Waals surface area contributed by atoms with E-state index in [1.165, 1.54) is 26.3 Å². The van der Waals surface area contributed by atoms with Crippen molar-refractivity contribution >= 4 is 72.0 Å². The van der Waals surface area contributed by atoms with E-state index in [2.05, 4.69) is 57.2 Å². The Bertz CT molecular complexity index is 1590. The summed E-state index contributed by atoms with van der Waals surface area (Å²) in [7, 11) is 0. The predicted octanol–water partition coefficient (Wildman–Crippen LogP) is 9.86. The number of carbonyl (C=O) groups is 1. The molecule has 3 aromatic carbocycles. The summed E-state index contributed by atoms with van der Waals surface area (Å²) in [6, 6.07) is 16.6. The van der Waals surface area contributed by atoms with Gasteiger partial charge in [0.15, 0.2) is 0 Å². The van der Waals surface area contributed by atoms with Crippen LogP contribution in [0.15, 0.2) is 48.5 Å². The molecule has 34 heavy (non-hydrogen) atoms. The average molecular weight is 526 g/mol. The van der Waals surface area contributed by atoms with Gasteiger partial charge in [-0.3, -0.25) is 0 Å². The lowest BCUT2D eigenvalue weighted by Crippen LogP contribution is -2.01. The second kappa shape index (κ2) is 9.01. The monoisotopic (exact) mass is 524 g/mol. The Morgan fingerprint density at radius 2 is 1.26 bits per heavy atom. The van der Waals surface area contributed by atoms with Gasteiger partial charge in [-0.05, 0) is 97.1 Å². The van der Waals surface area contributed by atoms with Gasteiger partial charge in [0.2, 0.25) is 0 Å². The zero-order valence-electron chi connectivity index (χ0n) is 19.2. The first kappa shape index (κ1) is 23.4. The Morgan fingerprint density at radius 3 is 1.82 bits per heavy atom. The summed E-state index contributed by atoms with van der Waals surface area (Å²) in [6.07, 6.45) is 0. The highest BCUT2D eigenvalue weighted by atomic mass is 35.5. The molecule has 0 fully saturated rings. The topological polar surface area (TPSA) is 26.3 Å². The number of hydrogen-bond acceptors (Lipinski definition) is 4. The number of esters is 1. The predicted molar refractivity (Wildman–Crippen MR) is 148 cm³/mol. The summed E-state index contributed by atoms with van der Waals surface area (Å²) in [4.78, 5) is 14.0. The van der Waals surface area contributed by atoms with Crippen LogP contribution in [0.25, 0.3) is 42.4 Å². The first-order valence-electron chi connectivity index (χ1n) is 11.0. The van der Waals surface area contributed by atoms with Crippen LogP contribution in [0.3, 0.4) is 0 Å². The molecule has 5 rings (SSSR count). The van der Waals surface area contributed by atoms with E-state index in [-0.39, 0.29) is 5.97 Å². The molecule has 5 aromatic rings. The van der Waals surface area contributed by atoms with Crippen molar-refractivity contribution in [2.75, 3.05) is 6.61 Å². The van der Waals surface area contributed by atoms with Gasteiger partial charge in [-0.15, -0.1) is 22.7 Å². The van der Waals surface area contributed by atoms with Gasteiger partial charge in [-0.25, -0.2) is 4.79 Å².